The van der Waals surface area contributed by atoms with Crippen molar-refractivity contribution in [1.29, 1.82) is 0 Å². The number of carbonyl (C=O) groups is 1. The third kappa shape index (κ3) is 4.69. The number of rotatable bonds is 6. The van der Waals surface area contributed by atoms with Crippen molar-refractivity contribution in [3.63, 3.8) is 0 Å². The maximum atomic E-state index is 12.2. The highest BCUT2D eigenvalue weighted by Crippen LogP contribution is 2.15. The third-order valence-electron chi connectivity index (χ3n) is 3.78. The Morgan fingerprint density at radius 1 is 1.33 bits per heavy atom. The average Bonchev–Trinajstić information content (AvgIpc) is 3.10. The van der Waals surface area contributed by atoms with Gasteiger partial charge < -0.3 is 14.8 Å². The number of hydrogen-bond donors (Lipinski definition) is 1. The molecule has 1 saturated heterocycles. The van der Waals surface area contributed by atoms with Gasteiger partial charge in [-0.1, -0.05) is 23.7 Å². The molecule has 0 bridgehead atoms. The van der Waals surface area contributed by atoms with Crippen LogP contribution in [0.1, 0.15) is 22.3 Å². The molecule has 0 radical (unpaired) electrons. The summed E-state index contributed by atoms with van der Waals surface area (Å²) in [5.74, 6) is 0.315. The molecule has 1 amide bonds. The summed E-state index contributed by atoms with van der Waals surface area (Å²) in [5.41, 5.74) is 1.66. The van der Waals surface area contributed by atoms with Crippen LogP contribution in [0.3, 0.4) is 0 Å². The maximum Gasteiger partial charge on any atom is 0.251 e. The number of ether oxygens (including phenoxy) is 2. The summed E-state index contributed by atoms with van der Waals surface area (Å²) in [5, 5.41) is 3.61. The van der Waals surface area contributed by atoms with Gasteiger partial charge in [-0.25, -0.2) is 4.98 Å². The number of nitrogens with one attached hydrogen (secondary N) is 1. The number of pyridine rings is 1. The van der Waals surface area contributed by atoms with E-state index >= 15 is 0 Å². The van der Waals surface area contributed by atoms with Crippen molar-refractivity contribution in [3.8, 4) is 5.88 Å². The van der Waals surface area contributed by atoms with Gasteiger partial charge in [0.05, 0.1) is 13.2 Å². The van der Waals surface area contributed by atoms with E-state index in [0.717, 1.165) is 18.4 Å². The molecule has 0 unspecified atom stereocenters. The highest BCUT2D eigenvalue weighted by molar-refractivity contribution is 6.30. The van der Waals surface area contributed by atoms with Crippen molar-refractivity contribution >= 4 is 17.5 Å². The van der Waals surface area contributed by atoms with Crippen molar-refractivity contribution in [3.05, 3.63) is 58.7 Å². The van der Waals surface area contributed by atoms with Crippen LogP contribution in [0, 0.1) is 0 Å². The van der Waals surface area contributed by atoms with Crippen molar-refractivity contribution < 1.29 is 14.3 Å². The first kappa shape index (κ1) is 16.7. The molecule has 24 heavy (non-hydrogen) atoms. The normalized spacial score (nSPS) is 16.8. The minimum absolute atomic E-state index is 0.0146. The number of aromatic nitrogens is 1. The predicted molar refractivity (Wildman–Crippen MR) is 91.6 cm³/mol. The fourth-order valence-corrected chi connectivity index (χ4v) is 2.59. The second-order valence-electron chi connectivity index (χ2n) is 5.62. The van der Waals surface area contributed by atoms with Gasteiger partial charge >= 0.3 is 0 Å². The predicted octanol–water partition coefficient (Wildman–Crippen LogP) is 2.88. The van der Waals surface area contributed by atoms with Crippen molar-refractivity contribution in [2.45, 2.75) is 18.9 Å². The Morgan fingerprint density at radius 3 is 2.92 bits per heavy atom. The van der Waals surface area contributed by atoms with E-state index in [1.807, 2.05) is 24.3 Å². The lowest BCUT2D eigenvalue weighted by Gasteiger charge is -2.11. The van der Waals surface area contributed by atoms with Crippen LogP contribution >= 0.6 is 11.6 Å². The first-order chi connectivity index (χ1) is 11.7. The standard InChI is InChI=1S/C18H19ClN2O3/c19-15-3-1-13(2-4-15)5-8-21-18(22)14-6-9-20-17(11-14)24-16-7-10-23-12-16/h1-4,6,9,11,16H,5,7-8,10,12H2,(H,21,22)/t16-/m1/s1. The van der Waals surface area contributed by atoms with Crippen LogP contribution in [0.25, 0.3) is 0 Å². The lowest BCUT2D eigenvalue weighted by molar-refractivity contribution is 0.0952. The largest absolute Gasteiger partial charge is 0.472 e. The highest BCUT2D eigenvalue weighted by atomic mass is 35.5. The van der Waals surface area contributed by atoms with Crippen LogP contribution in [-0.2, 0) is 11.2 Å². The van der Waals surface area contributed by atoms with E-state index in [-0.39, 0.29) is 12.0 Å². The van der Waals surface area contributed by atoms with Crippen LogP contribution in [-0.4, -0.2) is 36.8 Å². The molecular formula is C18H19ClN2O3. The maximum absolute atomic E-state index is 12.2. The fraction of sp³-hybridized carbons (Fsp3) is 0.333. The molecule has 0 spiro atoms. The van der Waals surface area contributed by atoms with Crippen molar-refractivity contribution in [2.75, 3.05) is 19.8 Å². The summed E-state index contributed by atoms with van der Waals surface area (Å²) in [6, 6.07) is 10.9. The van der Waals surface area contributed by atoms with Gasteiger partial charge in [-0.15, -0.1) is 0 Å². The van der Waals surface area contributed by atoms with E-state index in [4.69, 9.17) is 21.1 Å². The van der Waals surface area contributed by atoms with E-state index in [9.17, 15) is 4.79 Å². The van der Waals surface area contributed by atoms with Gasteiger partial charge in [-0.2, -0.15) is 0 Å². The first-order valence-electron chi connectivity index (χ1n) is 7.94. The van der Waals surface area contributed by atoms with Crippen LogP contribution in [0.15, 0.2) is 42.6 Å². The van der Waals surface area contributed by atoms with Gasteiger partial charge in [0, 0.05) is 35.8 Å². The van der Waals surface area contributed by atoms with Crippen LogP contribution in [0.4, 0.5) is 0 Å². The SMILES string of the molecule is O=C(NCCc1ccc(Cl)cc1)c1ccnc(O[C@@H]2CCOC2)c1. The monoisotopic (exact) mass is 346 g/mol. The summed E-state index contributed by atoms with van der Waals surface area (Å²) in [6.45, 7) is 1.82. The topological polar surface area (TPSA) is 60.5 Å². The Morgan fingerprint density at radius 2 is 2.17 bits per heavy atom. The molecule has 0 aliphatic carbocycles. The number of carbonyl (C=O) groups excluding carboxylic acids is 1. The van der Waals surface area contributed by atoms with Crippen LogP contribution in [0.5, 0.6) is 5.88 Å². The quantitative estimate of drug-likeness (QED) is 0.873. The molecule has 3 rings (SSSR count). The van der Waals surface area contributed by atoms with Gasteiger partial charge in [-0.3, -0.25) is 4.79 Å². The molecule has 1 N–H and O–H groups in total. The Hall–Kier alpha value is -2.11. The summed E-state index contributed by atoms with van der Waals surface area (Å²) in [4.78, 5) is 16.4. The second-order valence-corrected chi connectivity index (χ2v) is 6.06. The summed E-state index contributed by atoms with van der Waals surface area (Å²) in [6.07, 6.45) is 3.19. The Balaban J connectivity index is 1.51. The Kier molecular flexibility index (Phi) is 5.67. The zero-order valence-electron chi connectivity index (χ0n) is 13.2. The minimum atomic E-state index is -0.140. The second kappa shape index (κ2) is 8.13. The van der Waals surface area contributed by atoms with Gasteiger partial charge in [0.25, 0.3) is 5.91 Å². The molecule has 1 atom stereocenters. The molecular weight excluding hydrogens is 328 g/mol. The molecule has 1 aromatic carbocycles. The lowest BCUT2D eigenvalue weighted by atomic mass is 10.1. The molecule has 5 nitrogen and oxygen atoms in total. The van der Waals surface area contributed by atoms with E-state index < -0.39 is 0 Å². The van der Waals surface area contributed by atoms with E-state index in [0.29, 0.717) is 36.2 Å². The molecule has 1 fully saturated rings. The summed E-state index contributed by atoms with van der Waals surface area (Å²) >= 11 is 5.86. The Labute approximate surface area is 145 Å². The van der Waals surface area contributed by atoms with Crippen LogP contribution in [0.2, 0.25) is 5.02 Å². The van der Waals surface area contributed by atoms with Crippen LogP contribution < -0.4 is 10.1 Å². The van der Waals surface area contributed by atoms with Crippen molar-refractivity contribution in [2.24, 2.45) is 0 Å². The zero-order chi connectivity index (χ0) is 16.8. The molecule has 2 aromatic rings. The van der Waals surface area contributed by atoms with Gasteiger partial charge in [0.15, 0.2) is 0 Å². The molecule has 0 saturated carbocycles. The number of nitrogens with zero attached hydrogens (tertiary/aromatic N) is 1. The summed E-state index contributed by atoms with van der Waals surface area (Å²) < 4.78 is 11.0. The van der Waals surface area contributed by atoms with E-state index in [2.05, 4.69) is 10.3 Å². The first-order valence-corrected chi connectivity index (χ1v) is 8.31. The highest BCUT2D eigenvalue weighted by Gasteiger charge is 2.18. The number of amides is 1. The van der Waals surface area contributed by atoms with Gasteiger partial charge in [0.1, 0.15) is 6.10 Å². The number of benzene rings is 1. The number of halogens is 1. The van der Waals surface area contributed by atoms with E-state index in [1.165, 1.54) is 0 Å². The third-order valence-corrected chi connectivity index (χ3v) is 4.04. The smallest absolute Gasteiger partial charge is 0.251 e. The number of hydrogen-bond acceptors (Lipinski definition) is 4. The molecule has 1 aliphatic rings. The zero-order valence-corrected chi connectivity index (χ0v) is 14.0. The average molecular weight is 347 g/mol. The Bertz CT molecular complexity index is 685. The molecule has 2 heterocycles. The fourth-order valence-electron chi connectivity index (χ4n) is 2.47. The van der Waals surface area contributed by atoms with Crippen molar-refractivity contribution in [1.82, 2.24) is 10.3 Å². The summed E-state index contributed by atoms with van der Waals surface area (Å²) in [7, 11) is 0. The molecule has 126 valence electrons. The van der Waals surface area contributed by atoms with E-state index in [1.54, 1.807) is 18.3 Å². The minimum Gasteiger partial charge on any atom is -0.472 e. The van der Waals surface area contributed by atoms with Gasteiger partial charge in [-0.05, 0) is 30.2 Å². The molecule has 6 heteroatoms. The molecule has 1 aliphatic heterocycles. The molecule has 1 aromatic heterocycles. The van der Waals surface area contributed by atoms with Gasteiger partial charge in [0.2, 0.25) is 5.88 Å². The lowest BCUT2D eigenvalue weighted by Crippen LogP contribution is -2.26.